The third kappa shape index (κ3) is 2.46. The van der Waals surface area contributed by atoms with Crippen LogP contribution in [0.2, 0.25) is 0 Å². The van der Waals surface area contributed by atoms with Gasteiger partial charge in [-0.05, 0) is 92.3 Å². The van der Waals surface area contributed by atoms with Crippen LogP contribution in [0.25, 0.3) is 0 Å². The second-order valence-corrected chi connectivity index (χ2v) is 9.75. The molecule has 4 fully saturated rings. The van der Waals surface area contributed by atoms with Crippen LogP contribution in [-0.4, -0.2) is 12.1 Å². The smallest absolute Gasteiger partial charge is 0.302 e. The van der Waals surface area contributed by atoms with Crippen LogP contribution in [0.4, 0.5) is 0 Å². The molecule has 2 nitrogen and oxygen atoms in total. The fourth-order valence-corrected chi connectivity index (χ4v) is 7.55. The predicted octanol–water partition coefficient (Wildman–Crippen LogP) is 5.35. The highest BCUT2D eigenvalue weighted by atomic mass is 16.5. The molecule has 0 spiro atoms. The highest BCUT2D eigenvalue weighted by Crippen LogP contribution is 2.66. The van der Waals surface area contributed by atoms with Gasteiger partial charge in [0.2, 0.25) is 0 Å². The van der Waals surface area contributed by atoms with Crippen LogP contribution in [0.3, 0.4) is 0 Å². The van der Waals surface area contributed by atoms with Crippen molar-refractivity contribution < 1.29 is 9.53 Å². The summed E-state index contributed by atoms with van der Waals surface area (Å²) in [6, 6.07) is 0. The summed E-state index contributed by atoms with van der Waals surface area (Å²) in [6.07, 6.45) is 13.9. The van der Waals surface area contributed by atoms with Crippen molar-refractivity contribution >= 4 is 5.97 Å². The topological polar surface area (TPSA) is 26.3 Å². The summed E-state index contributed by atoms with van der Waals surface area (Å²) in [5.41, 5.74) is 1.18. The summed E-state index contributed by atoms with van der Waals surface area (Å²) in [5, 5.41) is 0. The first kappa shape index (κ1) is 16.0. The Kier molecular flexibility index (Phi) is 3.81. The molecule has 0 aromatic heterocycles. The monoisotopic (exact) mass is 318 g/mol. The third-order valence-electron chi connectivity index (χ3n) is 8.73. The van der Waals surface area contributed by atoms with E-state index in [-0.39, 0.29) is 12.1 Å². The summed E-state index contributed by atoms with van der Waals surface area (Å²) in [4.78, 5) is 11.3. The van der Waals surface area contributed by atoms with Gasteiger partial charge in [0.25, 0.3) is 0 Å². The predicted molar refractivity (Wildman–Crippen MR) is 91.9 cm³/mol. The van der Waals surface area contributed by atoms with Crippen molar-refractivity contribution in [1.29, 1.82) is 0 Å². The quantitative estimate of drug-likeness (QED) is 0.609. The number of carbonyl (C=O) groups is 1. The molecule has 0 N–H and O–H groups in total. The van der Waals surface area contributed by atoms with Crippen molar-refractivity contribution in [2.45, 2.75) is 91.1 Å². The molecule has 4 saturated carbocycles. The van der Waals surface area contributed by atoms with E-state index in [4.69, 9.17) is 4.74 Å². The minimum Gasteiger partial charge on any atom is -0.463 e. The fourth-order valence-electron chi connectivity index (χ4n) is 7.55. The highest BCUT2D eigenvalue weighted by molar-refractivity contribution is 5.66. The molecule has 4 aliphatic rings. The summed E-state index contributed by atoms with van der Waals surface area (Å²) < 4.78 is 5.57. The molecule has 4 aliphatic carbocycles. The summed E-state index contributed by atoms with van der Waals surface area (Å²) in [5.74, 6) is 3.63. The molecule has 4 rings (SSSR count). The number of carbonyl (C=O) groups excluding carboxylic acids is 1. The van der Waals surface area contributed by atoms with E-state index < -0.39 is 0 Å². The lowest BCUT2D eigenvalue weighted by Crippen LogP contribution is -2.53. The minimum absolute atomic E-state index is 0.0910. The Morgan fingerprint density at radius 3 is 2.57 bits per heavy atom. The standard InChI is InChI=1S/C21H34O2/c1-14(22)23-16-8-12-21(3)15(13-16)6-7-17-18-5-4-10-20(18,2)11-9-19(17)21/h15-19H,4-13H2,1-3H3/t15-,16?,17?,18?,19?,20?,21?/m0/s1. The van der Waals surface area contributed by atoms with E-state index >= 15 is 0 Å². The number of ether oxygens (including phenoxy) is 1. The van der Waals surface area contributed by atoms with E-state index in [0.29, 0.717) is 10.8 Å². The largest absolute Gasteiger partial charge is 0.463 e. The van der Waals surface area contributed by atoms with Crippen LogP contribution in [0, 0.1) is 34.5 Å². The van der Waals surface area contributed by atoms with Crippen molar-refractivity contribution in [3.05, 3.63) is 0 Å². The van der Waals surface area contributed by atoms with Gasteiger partial charge >= 0.3 is 5.97 Å². The van der Waals surface area contributed by atoms with Crippen LogP contribution in [0.1, 0.15) is 85.0 Å². The van der Waals surface area contributed by atoms with Gasteiger partial charge in [0, 0.05) is 6.92 Å². The van der Waals surface area contributed by atoms with Gasteiger partial charge in [0.15, 0.2) is 0 Å². The third-order valence-corrected chi connectivity index (χ3v) is 8.73. The molecule has 0 amide bonds. The average Bonchev–Trinajstić information content (AvgIpc) is 2.89. The SMILES string of the molecule is CC(=O)OC1CCC2(C)C3CCC4(C)CCCC4C3CC[C@H]2C1. The number of hydrogen-bond donors (Lipinski definition) is 0. The zero-order chi connectivity index (χ0) is 16.2. The number of rotatable bonds is 1. The molecule has 0 aromatic rings. The maximum Gasteiger partial charge on any atom is 0.302 e. The van der Waals surface area contributed by atoms with Crippen LogP contribution in [0.15, 0.2) is 0 Å². The van der Waals surface area contributed by atoms with Crippen molar-refractivity contribution in [3.63, 3.8) is 0 Å². The first-order valence-electron chi connectivity index (χ1n) is 10.1. The van der Waals surface area contributed by atoms with Crippen molar-refractivity contribution in [2.24, 2.45) is 34.5 Å². The molecular weight excluding hydrogens is 284 g/mol. The Labute approximate surface area is 141 Å². The Balaban J connectivity index is 1.53. The van der Waals surface area contributed by atoms with Gasteiger partial charge in [-0.15, -0.1) is 0 Å². The maximum absolute atomic E-state index is 11.3. The lowest BCUT2D eigenvalue weighted by molar-refractivity contribution is -0.159. The van der Waals surface area contributed by atoms with Crippen molar-refractivity contribution in [2.75, 3.05) is 0 Å². The normalized spacial score (nSPS) is 52.2. The lowest BCUT2D eigenvalue weighted by Gasteiger charge is -2.60. The Hall–Kier alpha value is -0.530. The Morgan fingerprint density at radius 1 is 0.957 bits per heavy atom. The lowest BCUT2D eigenvalue weighted by atomic mass is 9.45. The van der Waals surface area contributed by atoms with Gasteiger partial charge in [-0.1, -0.05) is 20.3 Å². The second kappa shape index (κ2) is 5.49. The van der Waals surface area contributed by atoms with E-state index in [9.17, 15) is 4.79 Å². The molecule has 6 unspecified atom stereocenters. The number of hydrogen-bond acceptors (Lipinski definition) is 2. The van der Waals surface area contributed by atoms with Gasteiger partial charge < -0.3 is 4.74 Å². The van der Waals surface area contributed by atoms with Gasteiger partial charge in [0.1, 0.15) is 6.10 Å². The molecular formula is C21H34O2. The van der Waals surface area contributed by atoms with Crippen molar-refractivity contribution in [1.82, 2.24) is 0 Å². The molecule has 0 radical (unpaired) electrons. The molecule has 0 aromatic carbocycles. The van der Waals surface area contributed by atoms with E-state index in [2.05, 4.69) is 13.8 Å². The Morgan fingerprint density at radius 2 is 1.78 bits per heavy atom. The van der Waals surface area contributed by atoms with E-state index in [0.717, 1.165) is 36.5 Å². The summed E-state index contributed by atoms with van der Waals surface area (Å²) >= 11 is 0. The van der Waals surface area contributed by atoms with Crippen LogP contribution in [0.5, 0.6) is 0 Å². The van der Waals surface area contributed by atoms with E-state index in [1.54, 1.807) is 6.92 Å². The molecule has 130 valence electrons. The van der Waals surface area contributed by atoms with Crippen LogP contribution < -0.4 is 0 Å². The highest BCUT2D eigenvalue weighted by Gasteiger charge is 2.57. The molecule has 0 bridgehead atoms. The zero-order valence-electron chi connectivity index (χ0n) is 15.3. The summed E-state index contributed by atoms with van der Waals surface area (Å²) in [7, 11) is 0. The Bertz CT molecular complexity index is 486. The second-order valence-electron chi connectivity index (χ2n) is 9.75. The van der Waals surface area contributed by atoms with E-state index in [1.165, 1.54) is 51.4 Å². The van der Waals surface area contributed by atoms with Crippen LogP contribution in [-0.2, 0) is 9.53 Å². The molecule has 7 atom stereocenters. The molecule has 23 heavy (non-hydrogen) atoms. The van der Waals surface area contributed by atoms with Gasteiger partial charge in [-0.3, -0.25) is 4.79 Å². The summed E-state index contributed by atoms with van der Waals surface area (Å²) in [6.45, 7) is 6.75. The molecule has 2 heteroatoms. The van der Waals surface area contributed by atoms with Gasteiger partial charge in [0.05, 0.1) is 0 Å². The number of fused-ring (bicyclic) bond motifs is 5. The fraction of sp³-hybridized carbons (Fsp3) is 0.952. The van der Waals surface area contributed by atoms with Gasteiger partial charge in [-0.25, -0.2) is 0 Å². The molecule has 0 aliphatic heterocycles. The van der Waals surface area contributed by atoms with Crippen molar-refractivity contribution in [3.8, 4) is 0 Å². The minimum atomic E-state index is -0.0910. The zero-order valence-corrected chi connectivity index (χ0v) is 15.3. The maximum atomic E-state index is 11.3. The first-order valence-corrected chi connectivity index (χ1v) is 10.1. The first-order chi connectivity index (χ1) is 10.9. The number of esters is 1. The molecule has 0 saturated heterocycles. The molecule has 0 heterocycles. The van der Waals surface area contributed by atoms with Gasteiger partial charge in [-0.2, -0.15) is 0 Å². The van der Waals surface area contributed by atoms with Crippen LogP contribution >= 0.6 is 0 Å². The van der Waals surface area contributed by atoms with E-state index in [1.807, 2.05) is 0 Å². The average molecular weight is 319 g/mol.